The van der Waals surface area contributed by atoms with E-state index in [0.29, 0.717) is 19.6 Å². The Balaban J connectivity index is 2.05. The van der Waals surface area contributed by atoms with Crippen LogP contribution in [-0.2, 0) is 17.9 Å². The number of nitrogens with zero attached hydrogens (tertiary/aromatic N) is 1. The van der Waals surface area contributed by atoms with Crippen molar-refractivity contribution < 1.29 is 14.7 Å². The smallest absolute Gasteiger partial charge is 0.335 e. The second-order valence-corrected chi connectivity index (χ2v) is 5.31. The molecule has 0 saturated carbocycles. The number of hydrogen-bond donors (Lipinski definition) is 2. The lowest BCUT2D eigenvalue weighted by Gasteiger charge is -2.20. The molecule has 1 heterocycles. The fourth-order valence-electron chi connectivity index (χ4n) is 2.54. The molecule has 0 spiro atoms. The second kappa shape index (κ2) is 6.05. The van der Waals surface area contributed by atoms with Crippen molar-refractivity contribution in [1.29, 1.82) is 0 Å². The quantitative estimate of drug-likeness (QED) is 0.855. The Labute approximate surface area is 118 Å². The van der Waals surface area contributed by atoms with Crippen molar-refractivity contribution in [2.45, 2.75) is 32.9 Å². The number of carbonyl (C=O) groups is 2. The molecule has 1 aliphatic heterocycles. The predicted octanol–water partition coefficient (Wildman–Crippen LogP) is 1.60. The first-order valence-corrected chi connectivity index (χ1v) is 6.87. The van der Waals surface area contributed by atoms with Gasteiger partial charge in [-0.2, -0.15) is 0 Å². The molecule has 1 aromatic rings. The molecule has 20 heavy (non-hydrogen) atoms. The van der Waals surface area contributed by atoms with Gasteiger partial charge in [0.25, 0.3) is 0 Å². The Morgan fingerprint density at radius 2 is 2.05 bits per heavy atom. The summed E-state index contributed by atoms with van der Waals surface area (Å²) in [5, 5.41) is 8.98. The lowest BCUT2D eigenvalue weighted by molar-refractivity contribution is -0.135. The van der Waals surface area contributed by atoms with Crippen LogP contribution in [0, 0.1) is 5.92 Å². The number of carboxylic acids is 1. The number of amides is 1. The zero-order valence-corrected chi connectivity index (χ0v) is 11.6. The molecule has 0 bridgehead atoms. The van der Waals surface area contributed by atoms with Gasteiger partial charge >= 0.3 is 5.97 Å². The van der Waals surface area contributed by atoms with Gasteiger partial charge in [-0.1, -0.05) is 13.0 Å². The number of nitrogens with two attached hydrogens (primary N) is 1. The Kier molecular flexibility index (Phi) is 4.39. The van der Waals surface area contributed by atoms with E-state index in [2.05, 4.69) is 0 Å². The highest BCUT2D eigenvalue weighted by atomic mass is 16.4. The van der Waals surface area contributed by atoms with Crippen molar-refractivity contribution in [3.8, 4) is 0 Å². The molecule has 0 aliphatic carbocycles. The van der Waals surface area contributed by atoms with Crippen LogP contribution < -0.4 is 5.73 Å². The maximum Gasteiger partial charge on any atom is 0.335 e. The van der Waals surface area contributed by atoms with Crippen LogP contribution in [0.5, 0.6) is 0 Å². The Bertz CT molecular complexity index is 528. The SMILES string of the molecule is CC(CCCN)C(=O)N1Cc2ccc(C(=O)O)cc2C1. The van der Waals surface area contributed by atoms with Gasteiger partial charge in [0.05, 0.1) is 5.56 Å². The van der Waals surface area contributed by atoms with E-state index in [0.717, 1.165) is 24.0 Å². The molecule has 0 saturated heterocycles. The van der Waals surface area contributed by atoms with Gasteiger partial charge in [-0.15, -0.1) is 0 Å². The van der Waals surface area contributed by atoms with Gasteiger partial charge in [0, 0.05) is 19.0 Å². The molecule has 1 amide bonds. The standard InChI is InChI=1S/C15H20N2O3/c1-10(3-2-6-16)14(18)17-8-12-5-4-11(15(19)20)7-13(12)9-17/h4-5,7,10H,2-3,6,8-9,16H2,1H3,(H,19,20). The summed E-state index contributed by atoms with van der Waals surface area (Å²) in [6.07, 6.45) is 1.64. The first-order valence-electron chi connectivity index (χ1n) is 6.87. The lowest BCUT2D eigenvalue weighted by Crippen LogP contribution is -2.30. The number of rotatable bonds is 5. The van der Waals surface area contributed by atoms with Gasteiger partial charge in [0.1, 0.15) is 0 Å². The maximum atomic E-state index is 12.3. The minimum Gasteiger partial charge on any atom is -0.478 e. The van der Waals surface area contributed by atoms with Crippen LogP contribution in [0.15, 0.2) is 18.2 Å². The van der Waals surface area contributed by atoms with Gasteiger partial charge in [-0.05, 0) is 42.6 Å². The molecule has 1 unspecified atom stereocenters. The van der Waals surface area contributed by atoms with Crippen LogP contribution in [0.25, 0.3) is 0 Å². The fraction of sp³-hybridized carbons (Fsp3) is 0.467. The number of carbonyl (C=O) groups excluding carboxylic acids is 1. The lowest BCUT2D eigenvalue weighted by atomic mass is 10.0. The Morgan fingerprint density at radius 3 is 2.70 bits per heavy atom. The fourth-order valence-corrected chi connectivity index (χ4v) is 2.54. The summed E-state index contributed by atoms with van der Waals surface area (Å²) in [6.45, 7) is 3.59. The van der Waals surface area contributed by atoms with Crippen LogP contribution in [0.3, 0.4) is 0 Å². The van der Waals surface area contributed by atoms with Gasteiger partial charge in [0.2, 0.25) is 5.91 Å². The zero-order chi connectivity index (χ0) is 14.7. The monoisotopic (exact) mass is 276 g/mol. The molecular weight excluding hydrogens is 256 g/mol. The normalized spacial score (nSPS) is 15.0. The summed E-state index contributed by atoms with van der Waals surface area (Å²) in [4.78, 5) is 25.0. The van der Waals surface area contributed by atoms with Crippen LogP contribution in [0.4, 0.5) is 0 Å². The molecule has 1 atom stereocenters. The molecular formula is C15H20N2O3. The van der Waals surface area contributed by atoms with Gasteiger partial charge in [-0.3, -0.25) is 4.79 Å². The summed E-state index contributed by atoms with van der Waals surface area (Å²) in [5.41, 5.74) is 7.71. The first-order chi connectivity index (χ1) is 9.52. The Hall–Kier alpha value is -1.88. The summed E-state index contributed by atoms with van der Waals surface area (Å²) in [6, 6.07) is 5.05. The third-order valence-electron chi connectivity index (χ3n) is 3.75. The number of fused-ring (bicyclic) bond motifs is 1. The molecule has 2 rings (SSSR count). The maximum absolute atomic E-state index is 12.3. The molecule has 0 aromatic heterocycles. The third-order valence-corrected chi connectivity index (χ3v) is 3.75. The van der Waals surface area contributed by atoms with E-state index in [4.69, 9.17) is 10.8 Å². The molecule has 1 aliphatic rings. The van der Waals surface area contributed by atoms with Crippen molar-refractivity contribution in [2.75, 3.05) is 6.54 Å². The van der Waals surface area contributed by atoms with E-state index in [1.54, 1.807) is 23.1 Å². The molecule has 0 radical (unpaired) electrons. The average Bonchev–Trinajstić information content (AvgIpc) is 2.86. The molecule has 1 aromatic carbocycles. The van der Waals surface area contributed by atoms with E-state index in [9.17, 15) is 9.59 Å². The summed E-state index contributed by atoms with van der Waals surface area (Å²) < 4.78 is 0. The van der Waals surface area contributed by atoms with E-state index in [1.807, 2.05) is 6.92 Å². The summed E-state index contributed by atoms with van der Waals surface area (Å²) in [5.74, 6) is -0.854. The highest BCUT2D eigenvalue weighted by Gasteiger charge is 2.27. The van der Waals surface area contributed by atoms with Gasteiger partial charge in [-0.25, -0.2) is 4.79 Å². The minimum atomic E-state index is -0.936. The second-order valence-electron chi connectivity index (χ2n) is 5.31. The van der Waals surface area contributed by atoms with Crippen LogP contribution in [-0.4, -0.2) is 28.4 Å². The van der Waals surface area contributed by atoms with Crippen LogP contribution in [0.2, 0.25) is 0 Å². The van der Waals surface area contributed by atoms with E-state index in [-0.39, 0.29) is 17.4 Å². The summed E-state index contributed by atoms with van der Waals surface area (Å²) in [7, 11) is 0. The summed E-state index contributed by atoms with van der Waals surface area (Å²) >= 11 is 0. The molecule has 5 nitrogen and oxygen atoms in total. The zero-order valence-electron chi connectivity index (χ0n) is 11.6. The van der Waals surface area contributed by atoms with Crippen molar-refractivity contribution in [3.63, 3.8) is 0 Å². The van der Waals surface area contributed by atoms with Gasteiger partial charge < -0.3 is 15.7 Å². The van der Waals surface area contributed by atoms with Crippen molar-refractivity contribution >= 4 is 11.9 Å². The topological polar surface area (TPSA) is 83.6 Å². The van der Waals surface area contributed by atoms with Crippen molar-refractivity contribution in [1.82, 2.24) is 4.90 Å². The minimum absolute atomic E-state index is 0.0354. The number of hydrogen-bond acceptors (Lipinski definition) is 3. The number of aromatic carboxylic acids is 1. The molecule has 108 valence electrons. The molecule has 5 heteroatoms. The number of carboxylic acid groups (broad SMARTS) is 1. The van der Waals surface area contributed by atoms with Crippen molar-refractivity contribution in [3.05, 3.63) is 34.9 Å². The molecule has 0 fully saturated rings. The predicted molar refractivity (Wildman–Crippen MR) is 75.1 cm³/mol. The van der Waals surface area contributed by atoms with E-state index < -0.39 is 5.97 Å². The highest BCUT2D eigenvalue weighted by Crippen LogP contribution is 2.26. The van der Waals surface area contributed by atoms with Gasteiger partial charge in [0.15, 0.2) is 0 Å². The van der Waals surface area contributed by atoms with Crippen LogP contribution in [0.1, 0.15) is 41.3 Å². The Morgan fingerprint density at radius 1 is 1.35 bits per heavy atom. The van der Waals surface area contributed by atoms with E-state index >= 15 is 0 Å². The third kappa shape index (κ3) is 2.99. The number of benzene rings is 1. The van der Waals surface area contributed by atoms with Crippen molar-refractivity contribution in [2.24, 2.45) is 11.7 Å². The highest BCUT2D eigenvalue weighted by molar-refractivity contribution is 5.88. The average molecular weight is 276 g/mol. The first kappa shape index (κ1) is 14.5. The largest absolute Gasteiger partial charge is 0.478 e. The van der Waals surface area contributed by atoms with Crippen LogP contribution >= 0.6 is 0 Å². The van der Waals surface area contributed by atoms with E-state index in [1.165, 1.54) is 0 Å². The molecule has 3 N–H and O–H groups in total.